The molecule has 5 nitrogen and oxygen atoms in total. The molecule has 21 heavy (non-hydrogen) atoms. The molecule has 0 aromatic heterocycles. The van der Waals surface area contributed by atoms with Gasteiger partial charge in [0.1, 0.15) is 6.04 Å². The lowest BCUT2D eigenvalue weighted by Gasteiger charge is -2.40. The number of piperidine rings is 1. The second-order valence-electron chi connectivity index (χ2n) is 7.07. The Kier molecular flexibility index (Phi) is 6.49. The van der Waals surface area contributed by atoms with Crippen LogP contribution in [0.2, 0.25) is 0 Å². The number of carboxylic acids is 1. The van der Waals surface area contributed by atoms with E-state index in [9.17, 15) is 14.7 Å². The van der Waals surface area contributed by atoms with Crippen molar-refractivity contribution in [1.82, 2.24) is 9.80 Å². The van der Waals surface area contributed by atoms with Gasteiger partial charge in [0, 0.05) is 19.6 Å². The van der Waals surface area contributed by atoms with Gasteiger partial charge < -0.3 is 14.9 Å². The number of carboxylic acid groups (broad SMARTS) is 1. The van der Waals surface area contributed by atoms with E-state index in [1.165, 1.54) is 0 Å². The highest BCUT2D eigenvalue weighted by atomic mass is 16.4. The zero-order valence-electron chi connectivity index (χ0n) is 14.0. The highest BCUT2D eigenvalue weighted by Crippen LogP contribution is 2.25. The van der Waals surface area contributed by atoms with Crippen molar-refractivity contribution in [2.24, 2.45) is 17.8 Å². The molecule has 122 valence electrons. The van der Waals surface area contributed by atoms with Gasteiger partial charge in [0.2, 0.25) is 0 Å². The number of hydrogen-bond acceptors (Lipinski definition) is 2. The molecule has 2 amide bonds. The van der Waals surface area contributed by atoms with Crippen LogP contribution in [0.3, 0.4) is 0 Å². The fourth-order valence-corrected chi connectivity index (χ4v) is 3.07. The van der Waals surface area contributed by atoms with Crippen LogP contribution in [0.15, 0.2) is 0 Å². The summed E-state index contributed by atoms with van der Waals surface area (Å²) >= 11 is 0. The Bertz CT molecular complexity index is 359. The van der Waals surface area contributed by atoms with Gasteiger partial charge in [0.25, 0.3) is 0 Å². The van der Waals surface area contributed by atoms with E-state index in [4.69, 9.17) is 0 Å². The summed E-state index contributed by atoms with van der Waals surface area (Å²) in [4.78, 5) is 27.7. The molecule has 0 aliphatic carbocycles. The van der Waals surface area contributed by atoms with Gasteiger partial charge in [-0.2, -0.15) is 0 Å². The first-order valence-corrected chi connectivity index (χ1v) is 8.02. The molecule has 0 spiro atoms. The molecule has 1 heterocycles. The molecule has 1 fully saturated rings. The topological polar surface area (TPSA) is 60.9 Å². The molecule has 0 saturated carbocycles. The molecule has 1 aliphatic heterocycles. The van der Waals surface area contributed by atoms with Crippen LogP contribution in [0.1, 0.15) is 47.5 Å². The summed E-state index contributed by atoms with van der Waals surface area (Å²) in [6, 6.07) is -0.801. The third-order valence-corrected chi connectivity index (χ3v) is 3.87. The van der Waals surface area contributed by atoms with E-state index >= 15 is 0 Å². The highest BCUT2D eigenvalue weighted by Gasteiger charge is 2.38. The average Bonchev–Trinajstić information content (AvgIpc) is 2.35. The number of nitrogens with zero attached hydrogens (tertiary/aromatic N) is 2. The van der Waals surface area contributed by atoms with Crippen LogP contribution in [-0.2, 0) is 4.79 Å². The number of likely N-dealkylation sites (tertiary alicyclic amines) is 1. The van der Waals surface area contributed by atoms with Crippen molar-refractivity contribution in [3.63, 3.8) is 0 Å². The maximum atomic E-state index is 12.8. The number of rotatable bonds is 5. The van der Waals surface area contributed by atoms with E-state index in [1.807, 2.05) is 11.8 Å². The number of amides is 2. The van der Waals surface area contributed by atoms with E-state index in [2.05, 4.69) is 27.7 Å². The summed E-state index contributed by atoms with van der Waals surface area (Å²) in [7, 11) is 0. The molecule has 1 saturated heterocycles. The molecule has 2 unspecified atom stereocenters. The molecule has 0 aromatic carbocycles. The fourth-order valence-electron chi connectivity index (χ4n) is 3.07. The Morgan fingerprint density at radius 2 is 1.71 bits per heavy atom. The Morgan fingerprint density at radius 3 is 2.14 bits per heavy atom. The first kappa shape index (κ1) is 17.8. The van der Waals surface area contributed by atoms with Crippen LogP contribution in [-0.4, -0.2) is 52.6 Å². The molecule has 2 atom stereocenters. The lowest BCUT2D eigenvalue weighted by atomic mass is 9.91. The predicted octanol–water partition coefficient (Wildman–Crippen LogP) is 2.91. The van der Waals surface area contributed by atoms with E-state index in [0.29, 0.717) is 31.5 Å². The minimum atomic E-state index is -0.885. The summed E-state index contributed by atoms with van der Waals surface area (Å²) in [5.41, 5.74) is 0. The quantitative estimate of drug-likeness (QED) is 0.849. The second kappa shape index (κ2) is 7.66. The van der Waals surface area contributed by atoms with Crippen LogP contribution >= 0.6 is 0 Å². The third kappa shape index (κ3) is 4.90. The summed E-state index contributed by atoms with van der Waals surface area (Å²) in [6.45, 7) is 12.1. The Labute approximate surface area is 128 Å². The maximum absolute atomic E-state index is 12.8. The molecule has 1 N–H and O–H groups in total. The zero-order chi connectivity index (χ0) is 16.2. The van der Waals surface area contributed by atoms with Crippen molar-refractivity contribution in [3.05, 3.63) is 0 Å². The van der Waals surface area contributed by atoms with Crippen molar-refractivity contribution in [1.29, 1.82) is 0 Å². The molecule has 1 aliphatic rings. The van der Waals surface area contributed by atoms with E-state index in [-0.39, 0.29) is 11.9 Å². The average molecular weight is 298 g/mol. The van der Waals surface area contributed by atoms with E-state index in [1.54, 1.807) is 4.90 Å². The summed E-state index contributed by atoms with van der Waals surface area (Å²) in [5.74, 6) is -0.124. The summed E-state index contributed by atoms with van der Waals surface area (Å²) < 4.78 is 0. The highest BCUT2D eigenvalue weighted by molar-refractivity contribution is 5.83. The van der Waals surface area contributed by atoms with Gasteiger partial charge in [-0.25, -0.2) is 9.59 Å². The van der Waals surface area contributed by atoms with E-state index in [0.717, 1.165) is 12.8 Å². The molecular weight excluding hydrogens is 268 g/mol. The second-order valence-corrected chi connectivity index (χ2v) is 7.07. The van der Waals surface area contributed by atoms with Crippen LogP contribution in [0.4, 0.5) is 4.79 Å². The molecule has 0 bridgehead atoms. The smallest absolute Gasteiger partial charge is 0.326 e. The molecule has 5 heteroatoms. The number of aliphatic carboxylic acids is 1. The van der Waals surface area contributed by atoms with Gasteiger partial charge in [-0.05, 0) is 30.6 Å². The number of carbonyl (C=O) groups excluding carboxylic acids is 1. The standard InChI is InChI=1S/C16H30N2O3/c1-11(2)9-17(10-12(3)4)16(21)18-8-6-7-13(5)14(18)15(19)20/h11-14H,6-10H2,1-5H3,(H,19,20). The molecule has 1 rings (SSSR count). The lowest BCUT2D eigenvalue weighted by molar-refractivity contribution is -0.145. The maximum Gasteiger partial charge on any atom is 0.326 e. The van der Waals surface area contributed by atoms with Crippen molar-refractivity contribution in [2.75, 3.05) is 19.6 Å². The van der Waals surface area contributed by atoms with Gasteiger partial charge in [-0.15, -0.1) is 0 Å². The van der Waals surface area contributed by atoms with Crippen LogP contribution < -0.4 is 0 Å². The van der Waals surface area contributed by atoms with Gasteiger partial charge >= 0.3 is 12.0 Å². The first-order chi connectivity index (χ1) is 9.73. The SMILES string of the molecule is CC(C)CN(CC(C)C)C(=O)N1CCCC(C)C1C(=O)O. The summed E-state index contributed by atoms with van der Waals surface area (Å²) in [5, 5.41) is 9.46. The number of carbonyl (C=O) groups is 2. The van der Waals surface area contributed by atoms with Crippen molar-refractivity contribution >= 4 is 12.0 Å². The monoisotopic (exact) mass is 298 g/mol. The van der Waals surface area contributed by atoms with Gasteiger partial charge in [0.15, 0.2) is 0 Å². The van der Waals surface area contributed by atoms with Gasteiger partial charge in [-0.1, -0.05) is 34.6 Å². The fraction of sp³-hybridized carbons (Fsp3) is 0.875. The van der Waals surface area contributed by atoms with E-state index < -0.39 is 12.0 Å². The largest absolute Gasteiger partial charge is 0.480 e. The van der Waals surface area contributed by atoms with Crippen LogP contribution in [0, 0.1) is 17.8 Å². The molecule has 0 radical (unpaired) electrons. The zero-order valence-corrected chi connectivity index (χ0v) is 14.0. The Morgan fingerprint density at radius 1 is 1.19 bits per heavy atom. The van der Waals surface area contributed by atoms with Crippen molar-refractivity contribution in [3.8, 4) is 0 Å². The lowest BCUT2D eigenvalue weighted by Crippen LogP contribution is -2.56. The summed E-state index contributed by atoms with van der Waals surface area (Å²) in [6.07, 6.45) is 1.75. The minimum Gasteiger partial charge on any atom is -0.480 e. The number of hydrogen-bond donors (Lipinski definition) is 1. The number of urea groups is 1. The Balaban J connectivity index is 2.91. The first-order valence-electron chi connectivity index (χ1n) is 8.02. The Hall–Kier alpha value is -1.26. The van der Waals surface area contributed by atoms with Crippen molar-refractivity contribution in [2.45, 2.75) is 53.5 Å². The van der Waals surface area contributed by atoms with Crippen LogP contribution in [0.25, 0.3) is 0 Å². The predicted molar refractivity (Wildman–Crippen MR) is 83.2 cm³/mol. The van der Waals surface area contributed by atoms with Crippen molar-refractivity contribution < 1.29 is 14.7 Å². The molecular formula is C16H30N2O3. The van der Waals surface area contributed by atoms with Gasteiger partial charge in [0.05, 0.1) is 0 Å². The normalized spacial score (nSPS) is 22.7. The van der Waals surface area contributed by atoms with Crippen LogP contribution in [0.5, 0.6) is 0 Å². The minimum absolute atomic E-state index is 0.0140. The third-order valence-electron chi connectivity index (χ3n) is 3.87. The molecule has 0 aromatic rings. The van der Waals surface area contributed by atoms with Gasteiger partial charge in [-0.3, -0.25) is 0 Å².